The smallest absolute Gasteiger partial charge is 0.226 e. The zero-order valence-electron chi connectivity index (χ0n) is 11.9. The molecule has 1 saturated heterocycles. The van der Waals surface area contributed by atoms with E-state index in [0.717, 1.165) is 12.5 Å². The van der Waals surface area contributed by atoms with Gasteiger partial charge in [-0.25, -0.2) is 8.78 Å². The average Bonchev–Trinajstić information content (AvgIpc) is 3.04. The topological polar surface area (TPSA) is 40.5 Å². The normalized spacial score (nSPS) is 29.5. The molecule has 2 fully saturated rings. The van der Waals surface area contributed by atoms with Gasteiger partial charge >= 0.3 is 0 Å². The van der Waals surface area contributed by atoms with E-state index >= 15 is 0 Å². The molecule has 114 valence electrons. The average molecular weight is 295 g/mol. The molecule has 0 aromatic heterocycles. The Morgan fingerprint density at radius 1 is 1.43 bits per heavy atom. The van der Waals surface area contributed by atoms with Gasteiger partial charge in [0.05, 0.1) is 6.10 Å². The standard InChI is InChI=1S/C16H19F2NO2/c1-9(20)10-4-5-19(8-10)16(21)14-7-13(14)12-3-2-11(17)6-15(12)18/h2-3,6,9-10,13-14,20H,4-5,7-8H2,1H3. The van der Waals surface area contributed by atoms with Gasteiger partial charge in [0.2, 0.25) is 5.91 Å². The van der Waals surface area contributed by atoms with Crippen molar-refractivity contribution < 1.29 is 18.7 Å². The predicted molar refractivity (Wildman–Crippen MR) is 73.6 cm³/mol. The van der Waals surface area contributed by atoms with Crippen molar-refractivity contribution in [3.8, 4) is 0 Å². The number of hydrogen-bond acceptors (Lipinski definition) is 2. The molecular weight excluding hydrogens is 276 g/mol. The second kappa shape index (κ2) is 5.37. The molecule has 1 aliphatic carbocycles. The Morgan fingerprint density at radius 3 is 2.81 bits per heavy atom. The van der Waals surface area contributed by atoms with Crippen LogP contribution < -0.4 is 0 Å². The summed E-state index contributed by atoms with van der Waals surface area (Å²) in [6.07, 6.45) is 1.02. The van der Waals surface area contributed by atoms with Crippen molar-refractivity contribution in [2.45, 2.75) is 31.8 Å². The van der Waals surface area contributed by atoms with E-state index in [2.05, 4.69) is 0 Å². The molecule has 3 rings (SSSR count). The van der Waals surface area contributed by atoms with Crippen molar-refractivity contribution in [3.63, 3.8) is 0 Å². The van der Waals surface area contributed by atoms with Crippen LogP contribution in [0.4, 0.5) is 8.78 Å². The van der Waals surface area contributed by atoms with E-state index in [4.69, 9.17) is 0 Å². The van der Waals surface area contributed by atoms with Gasteiger partial charge in [-0.2, -0.15) is 0 Å². The Balaban J connectivity index is 1.64. The summed E-state index contributed by atoms with van der Waals surface area (Å²) in [6, 6.07) is 3.54. The fourth-order valence-corrected chi connectivity index (χ4v) is 3.23. The molecule has 1 saturated carbocycles. The number of amides is 1. The van der Waals surface area contributed by atoms with Crippen molar-refractivity contribution in [1.29, 1.82) is 0 Å². The summed E-state index contributed by atoms with van der Waals surface area (Å²) < 4.78 is 26.6. The molecule has 1 amide bonds. The lowest BCUT2D eigenvalue weighted by atomic mass is 10.0. The van der Waals surface area contributed by atoms with Crippen LogP contribution in [0.1, 0.15) is 31.2 Å². The quantitative estimate of drug-likeness (QED) is 0.929. The Labute approximate surface area is 122 Å². The SMILES string of the molecule is CC(O)C1CCN(C(=O)C2CC2c2ccc(F)cc2F)C1. The summed E-state index contributed by atoms with van der Waals surface area (Å²) >= 11 is 0. The molecule has 0 bridgehead atoms. The number of carbonyl (C=O) groups excluding carboxylic acids is 1. The van der Waals surface area contributed by atoms with E-state index in [1.165, 1.54) is 12.1 Å². The van der Waals surface area contributed by atoms with Crippen LogP contribution in [-0.4, -0.2) is 35.1 Å². The van der Waals surface area contributed by atoms with Gasteiger partial charge in [-0.1, -0.05) is 6.07 Å². The molecule has 2 aliphatic rings. The van der Waals surface area contributed by atoms with Gasteiger partial charge in [0.25, 0.3) is 0 Å². The van der Waals surface area contributed by atoms with E-state index in [-0.39, 0.29) is 23.7 Å². The highest BCUT2D eigenvalue weighted by molar-refractivity contribution is 5.83. The summed E-state index contributed by atoms with van der Waals surface area (Å²) in [4.78, 5) is 14.2. The Bertz CT molecular complexity index is 561. The zero-order chi connectivity index (χ0) is 15.1. The van der Waals surface area contributed by atoms with Crippen molar-refractivity contribution in [3.05, 3.63) is 35.4 Å². The van der Waals surface area contributed by atoms with Crippen LogP contribution >= 0.6 is 0 Å². The van der Waals surface area contributed by atoms with Crippen LogP contribution in [0.5, 0.6) is 0 Å². The van der Waals surface area contributed by atoms with E-state index in [0.29, 0.717) is 25.1 Å². The maximum atomic E-state index is 13.7. The third-order valence-corrected chi connectivity index (χ3v) is 4.69. The minimum Gasteiger partial charge on any atom is -0.393 e. The minimum atomic E-state index is -0.598. The van der Waals surface area contributed by atoms with Crippen molar-refractivity contribution in [2.24, 2.45) is 11.8 Å². The summed E-state index contributed by atoms with van der Waals surface area (Å²) in [5.74, 6) is -1.33. The number of aliphatic hydroxyl groups is 1. The van der Waals surface area contributed by atoms with E-state index < -0.39 is 17.7 Å². The van der Waals surface area contributed by atoms with Gasteiger partial charge < -0.3 is 10.0 Å². The molecule has 1 N–H and O–H groups in total. The summed E-state index contributed by atoms with van der Waals surface area (Å²) in [5.41, 5.74) is 0.432. The molecule has 1 aliphatic heterocycles. The van der Waals surface area contributed by atoms with E-state index in [9.17, 15) is 18.7 Å². The number of carbonyl (C=O) groups is 1. The first-order chi connectivity index (χ1) is 9.97. The number of benzene rings is 1. The second-order valence-corrected chi connectivity index (χ2v) is 6.19. The molecule has 4 atom stereocenters. The number of aliphatic hydroxyl groups excluding tert-OH is 1. The van der Waals surface area contributed by atoms with Gasteiger partial charge in [0.1, 0.15) is 11.6 Å². The number of likely N-dealkylation sites (tertiary alicyclic amines) is 1. The second-order valence-electron chi connectivity index (χ2n) is 6.19. The molecule has 1 aromatic rings. The minimum absolute atomic E-state index is 0.0341. The van der Waals surface area contributed by atoms with Crippen molar-refractivity contribution in [2.75, 3.05) is 13.1 Å². The van der Waals surface area contributed by atoms with Crippen LogP contribution in [0, 0.1) is 23.5 Å². The van der Waals surface area contributed by atoms with E-state index in [1.807, 2.05) is 0 Å². The molecule has 0 radical (unpaired) electrons. The van der Waals surface area contributed by atoms with Crippen LogP contribution in [0.3, 0.4) is 0 Å². The van der Waals surface area contributed by atoms with Gasteiger partial charge in [-0.05, 0) is 37.3 Å². The maximum Gasteiger partial charge on any atom is 0.226 e. The first-order valence-corrected chi connectivity index (χ1v) is 7.39. The monoisotopic (exact) mass is 295 g/mol. The van der Waals surface area contributed by atoms with Gasteiger partial charge in [-0.15, -0.1) is 0 Å². The fraction of sp³-hybridized carbons (Fsp3) is 0.562. The van der Waals surface area contributed by atoms with E-state index in [1.54, 1.807) is 11.8 Å². The van der Waals surface area contributed by atoms with Crippen LogP contribution in [-0.2, 0) is 4.79 Å². The lowest BCUT2D eigenvalue weighted by molar-refractivity contribution is -0.131. The summed E-state index contributed by atoms with van der Waals surface area (Å²) in [6.45, 7) is 2.97. The summed E-state index contributed by atoms with van der Waals surface area (Å²) in [7, 11) is 0. The molecule has 1 aromatic carbocycles. The number of halogens is 2. The highest BCUT2D eigenvalue weighted by Gasteiger charge is 2.48. The molecule has 3 nitrogen and oxygen atoms in total. The number of nitrogens with zero attached hydrogens (tertiary/aromatic N) is 1. The molecule has 0 spiro atoms. The molecule has 1 heterocycles. The first-order valence-electron chi connectivity index (χ1n) is 7.39. The van der Waals surface area contributed by atoms with Crippen LogP contribution in [0.25, 0.3) is 0 Å². The van der Waals surface area contributed by atoms with Crippen molar-refractivity contribution in [1.82, 2.24) is 4.90 Å². The van der Waals surface area contributed by atoms with Gasteiger partial charge in [0.15, 0.2) is 0 Å². The molecule has 5 heteroatoms. The highest BCUT2D eigenvalue weighted by atomic mass is 19.1. The van der Waals surface area contributed by atoms with Gasteiger partial charge in [0, 0.05) is 31.0 Å². The Morgan fingerprint density at radius 2 is 2.19 bits per heavy atom. The third-order valence-electron chi connectivity index (χ3n) is 4.69. The molecule has 21 heavy (non-hydrogen) atoms. The summed E-state index contributed by atoms with van der Waals surface area (Å²) in [5, 5.41) is 9.58. The first kappa shape index (κ1) is 14.4. The highest BCUT2D eigenvalue weighted by Crippen LogP contribution is 2.49. The fourth-order valence-electron chi connectivity index (χ4n) is 3.23. The van der Waals surface area contributed by atoms with Crippen LogP contribution in [0.15, 0.2) is 18.2 Å². The lowest BCUT2D eigenvalue weighted by Crippen LogP contribution is -2.31. The number of hydrogen-bond donors (Lipinski definition) is 1. The third kappa shape index (κ3) is 2.79. The largest absolute Gasteiger partial charge is 0.393 e. The van der Waals surface area contributed by atoms with Gasteiger partial charge in [-0.3, -0.25) is 4.79 Å². The van der Waals surface area contributed by atoms with Crippen LogP contribution in [0.2, 0.25) is 0 Å². The lowest BCUT2D eigenvalue weighted by Gasteiger charge is -2.18. The zero-order valence-corrected chi connectivity index (χ0v) is 11.9. The molecular formula is C16H19F2NO2. The van der Waals surface area contributed by atoms with Crippen molar-refractivity contribution >= 4 is 5.91 Å². The molecule has 4 unspecified atom stereocenters. The number of rotatable bonds is 3. The maximum absolute atomic E-state index is 13.7. The predicted octanol–water partition coefficient (Wildman–Crippen LogP) is 2.30. The Hall–Kier alpha value is -1.49. The Kier molecular flexibility index (Phi) is 3.69.